The van der Waals surface area contributed by atoms with Crippen molar-refractivity contribution in [2.75, 3.05) is 12.8 Å². The predicted octanol–water partition coefficient (Wildman–Crippen LogP) is 2.47. The molecular formula is C15H14N2O3S. The van der Waals surface area contributed by atoms with Crippen molar-refractivity contribution in [1.82, 2.24) is 3.97 Å². The van der Waals surface area contributed by atoms with Gasteiger partial charge in [-0.25, -0.2) is 12.4 Å². The van der Waals surface area contributed by atoms with Crippen LogP contribution in [0.3, 0.4) is 0 Å². The number of methoxy groups -OCH3 is 1. The van der Waals surface area contributed by atoms with Crippen molar-refractivity contribution in [3.63, 3.8) is 0 Å². The Kier molecular flexibility index (Phi) is 3.10. The van der Waals surface area contributed by atoms with Gasteiger partial charge in [0.1, 0.15) is 5.75 Å². The van der Waals surface area contributed by atoms with Gasteiger partial charge in [0.2, 0.25) is 0 Å². The summed E-state index contributed by atoms with van der Waals surface area (Å²) in [6, 6.07) is 13.2. The molecule has 3 aromatic rings. The molecule has 0 unspecified atom stereocenters. The summed E-state index contributed by atoms with van der Waals surface area (Å²) in [5.41, 5.74) is 6.68. The van der Waals surface area contributed by atoms with Gasteiger partial charge in [-0.05, 0) is 42.5 Å². The first-order valence-corrected chi connectivity index (χ1v) is 7.72. The standard InChI is InChI=1S/C15H14N2O3S/c1-20-13-5-6-15-11(9-13)7-8-17(15)21(18,19)14-4-2-3-12(16)10-14/h2-10H,16H2,1H3. The Morgan fingerprint density at radius 2 is 1.90 bits per heavy atom. The SMILES string of the molecule is COc1ccc2c(ccn2S(=O)(=O)c2cccc(N)c2)c1. The third-order valence-corrected chi connectivity index (χ3v) is 4.96. The highest BCUT2D eigenvalue weighted by Gasteiger charge is 2.19. The Bertz CT molecular complexity index is 914. The van der Waals surface area contributed by atoms with Crippen molar-refractivity contribution in [3.05, 3.63) is 54.7 Å². The maximum absolute atomic E-state index is 12.7. The number of nitrogens with zero attached hydrogens (tertiary/aromatic N) is 1. The summed E-state index contributed by atoms with van der Waals surface area (Å²) in [4.78, 5) is 0.163. The van der Waals surface area contributed by atoms with Crippen molar-refractivity contribution >= 4 is 26.6 Å². The van der Waals surface area contributed by atoms with E-state index >= 15 is 0 Å². The number of fused-ring (bicyclic) bond motifs is 1. The molecule has 0 spiro atoms. The zero-order chi connectivity index (χ0) is 15.0. The first-order valence-electron chi connectivity index (χ1n) is 6.28. The fraction of sp³-hybridized carbons (Fsp3) is 0.0667. The largest absolute Gasteiger partial charge is 0.497 e. The predicted molar refractivity (Wildman–Crippen MR) is 81.9 cm³/mol. The smallest absolute Gasteiger partial charge is 0.268 e. The number of ether oxygens (including phenoxy) is 1. The van der Waals surface area contributed by atoms with Crippen LogP contribution in [0.2, 0.25) is 0 Å². The Labute approximate surface area is 122 Å². The van der Waals surface area contributed by atoms with Gasteiger partial charge < -0.3 is 10.5 Å². The summed E-state index contributed by atoms with van der Waals surface area (Å²) in [6.07, 6.45) is 1.53. The van der Waals surface area contributed by atoms with E-state index in [-0.39, 0.29) is 4.90 Å². The van der Waals surface area contributed by atoms with Crippen molar-refractivity contribution in [2.24, 2.45) is 0 Å². The number of anilines is 1. The minimum atomic E-state index is -3.67. The van der Waals surface area contributed by atoms with E-state index in [4.69, 9.17) is 10.5 Å². The lowest BCUT2D eigenvalue weighted by atomic mass is 10.2. The number of benzene rings is 2. The third kappa shape index (κ3) is 2.23. The van der Waals surface area contributed by atoms with Crippen LogP contribution in [0.15, 0.2) is 59.6 Å². The van der Waals surface area contributed by atoms with E-state index in [9.17, 15) is 8.42 Å². The molecule has 6 heteroatoms. The average Bonchev–Trinajstić information content (AvgIpc) is 2.90. The van der Waals surface area contributed by atoms with E-state index in [0.29, 0.717) is 17.0 Å². The molecule has 0 aliphatic heterocycles. The second-order valence-electron chi connectivity index (χ2n) is 4.61. The van der Waals surface area contributed by atoms with Gasteiger partial charge in [0.05, 0.1) is 17.5 Å². The molecule has 108 valence electrons. The Balaban J connectivity index is 2.20. The lowest BCUT2D eigenvalue weighted by Gasteiger charge is -2.08. The monoisotopic (exact) mass is 302 g/mol. The van der Waals surface area contributed by atoms with Crippen LogP contribution in [0.4, 0.5) is 5.69 Å². The summed E-state index contributed by atoms with van der Waals surface area (Å²) in [6.45, 7) is 0. The topological polar surface area (TPSA) is 74.3 Å². The van der Waals surface area contributed by atoms with Gasteiger partial charge in [-0.3, -0.25) is 0 Å². The Hall–Kier alpha value is -2.47. The molecule has 0 atom stereocenters. The highest BCUT2D eigenvalue weighted by molar-refractivity contribution is 7.90. The summed E-state index contributed by atoms with van der Waals surface area (Å²) >= 11 is 0. The molecule has 21 heavy (non-hydrogen) atoms. The maximum atomic E-state index is 12.7. The normalized spacial score (nSPS) is 11.7. The first kappa shape index (κ1) is 13.5. The molecule has 1 aromatic heterocycles. The minimum Gasteiger partial charge on any atom is -0.497 e. The van der Waals surface area contributed by atoms with Crippen LogP contribution in [-0.4, -0.2) is 19.5 Å². The van der Waals surface area contributed by atoms with Crippen LogP contribution >= 0.6 is 0 Å². The van der Waals surface area contributed by atoms with Gasteiger partial charge >= 0.3 is 0 Å². The van der Waals surface area contributed by atoms with Gasteiger partial charge in [-0.1, -0.05) is 6.07 Å². The average molecular weight is 302 g/mol. The molecule has 2 N–H and O–H groups in total. The van der Waals surface area contributed by atoms with Crippen molar-refractivity contribution in [3.8, 4) is 5.75 Å². The molecule has 1 heterocycles. The van der Waals surface area contributed by atoms with E-state index in [0.717, 1.165) is 5.39 Å². The minimum absolute atomic E-state index is 0.163. The second-order valence-corrected chi connectivity index (χ2v) is 6.43. The Morgan fingerprint density at radius 1 is 1.10 bits per heavy atom. The number of aromatic nitrogens is 1. The summed E-state index contributed by atoms with van der Waals surface area (Å²) in [5.74, 6) is 0.682. The summed E-state index contributed by atoms with van der Waals surface area (Å²) in [7, 11) is -2.10. The number of nitrogens with two attached hydrogens (primary N) is 1. The van der Waals surface area contributed by atoms with Crippen LogP contribution in [0.25, 0.3) is 10.9 Å². The Morgan fingerprint density at radius 3 is 2.62 bits per heavy atom. The highest BCUT2D eigenvalue weighted by atomic mass is 32.2. The molecule has 0 amide bonds. The van der Waals surface area contributed by atoms with Crippen LogP contribution in [-0.2, 0) is 10.0 Å². The van der Waals surface area contributed by atoms with Crippen LogP contribution in [0.5, 0.6) is 5.75 Å². The summed E-state index contributed by atoms with van der Waals surface area (Å²) < 4.78 is 31.8. The quantitative estimate of drug-likeness (QED) is 0.754. The van der Waals surface area contributed by atoms with Gasteiger partial charge in [-0.2, -0.15) is 0 Å². The van der Waals surface area contributed by atoms with Crippen molar-refractivity contribution < 1.29 is 13.2 Å². The lowest BCUT2D eigenvalue weighted by Crippen LogP contribution is -2.12. The van der Waals surface area contributed by atoms with Gasteiger partial charge in [0.15, 0.2) is 0 Å². The number of nitrogen functional groups attached to an aromatic ring is 1. The maximum Gasteiger partial charge on any atom is 0.268 e. The second kappa shape index (κ2) is 4.82. The van der Waals surface area contributed by atoms with E-state index in [1.165, 1.54) is 22.3 Å². The highest BCUT2D eigenvalue weighted by Crippen LogP contribution is 2.26. The fourth-order valence-corrected chi connectivity index (χ4v) is 3.63. The zero-order valence-electron chi connectivity index (χ0n) is 11.4. The molecule has 0 saturated carbocycles. The van der Waals surface area contributed by atoms with E-state index in [2.05, 4.69) is 0 Å². The van der Waals surface area contributed by atoms with Crippen LogP contribution in [0, 0.1) is 0 Å². The van der Waals surface area contributed by atoms with Crippen LogP contribution in [0.1, 0.15) is 0 Å². The molecule has 0 saturated heterocycles. The van der Waals surface area contributed by atoms with E-state index in [1.807, 2.05) is 0 Å². The zero-order valence-corrected chi connectivity index (χ0v) is 12.2. The molecule has 0 aliphatic carbocycles. The number of hydrogen-bond donors (Lipinski definition) is 1. The van der Waals surface area contributed by atoms with E-state index < -0.39 is 10.0 Å². The molecular weight excluding hydrogens is 288 g/mol. The van der Waals surface area contributed by atoms with Crippen molar-refractivity contribution in [1.29, 1.82) is 0 Å². The van der Waals surface area contributed by atoms with Crippen LogP contribution < -0.4 is 10.5 Å². The molecule has 0 radical (unpaired) electrons. The van der Waals surface area contributed by atoms with Gasteiger partial charge in [-0.15, -0.1) is 0 Å². The third-order valence-electron chi connectivity index (χ3n) is 3.28. The number of hydrogen-bond acceptors (Lipinski definition) is 4. The molecule has 0 bridgehead atoms. The molecule has 5 nitrogen and oxygen atoms in total. The number of rotatable bonds is 3. The molecule has 0 fully saturated rings. The molecule has 0 aliphatic rings. The van der Waals surface area contributed by atoms with E-state index in [1.54, 1.807) is 43.5 Å². The first-order chi connectivity index (χ1) is 10.0. The molecule has 3 rings (SSSR count). The lowest BCUT2D eigenvalue weighted by molar-refractivity contribution is 0.415. The summed E-state index contributed by atoms with van der Waals surface area (Å²) in [5, 5.41) is 0.793. The molecule has 2 aromatic carbocycles. The van der Waals surface area contributed by atoms with Gasteiger partial charge in [0, 0.05) is 17.3 Å². The van der Waals surface area contributed by atoms with Gasteiger partial charge in [0.25, 0.3) is 10.0 Å². The van der Waals surface area contributed by atoms with Crippen molar-refractivity contribution in [2.45, 2.75) is 4.90 Å². The fourth-order valence-electron chi connectivity index (χ4n) is 2.22.